The van der Waals surface area contributed by atoms with E-state index in [1.807, 2.05) is 13.8 Å². The molecule has 0 fully saturated rings. The van der Waals surface area contributed by atoms with Gasteiger partial charge in [0.2, 0.25) is 5.91 Å². The molecule has 3 aromatic rings. The van der Waals surface area contributed by atoms with Gasteiger partial charge in [-0.05, 0) is 31.5 Å². The number of aromatic nitrogens is 2. The van der Waals surface area contributed by atoms with Crippen LogP contribution in [-0.2, 0) is 11.3 Å². The molecule has 0 spiro atoms. The van der Waals surface area contributed by atoms with Gasteiger partial charge in [-0.25, -0.2) is 9.78 Å². The van der Waals surface area contributed by atoms with Gasteiger partial charge in [0, 0.05) is 16.6 Å². The van der Waals surface area contributed by atoms with Crippen LogP contribution < -0.4 is 25.7 Å². The van der Waals surface area contributed by atoms with Crippen LogP contribution in [0.25, 0.3) is 10.2 Å². The summed E-state index contributed by atoms with van der Waals surface area (Å²) in [5.41, 5.74) is 0.997. The highest BCUT2D eigenvalue weighted by molar-refractivity contribution is 7.18. The summed E-state index contributed by atoms with van der Waals surface area (Å²) >= 11 is 1.43. The Hall–Kier alpha value is -3.40. The Bertz CT molecular complexity index is 1180. The van der Waals surface area contributed by atoms with E-state index in [1.54, 1.807) is 18.2 Å². The van der Waals surface area contributed by atoms with Crippen molar-refractivity contribution >= 4 is 39.2 Å². The van der Waals surface area contributed by atoms with Crippen LogP contribution in [0.3, 0.4) is 0 Å². The molecule has 3 amide bonds. The molecule has 1 aliphatic heterocycles. The number of aryl methyl sites for hydroxylation is 2. The van der Waals surface area contributed by atoms with Crippen molar-refractivity contribution in [2.75, 3.05) is 18.5 Å². The molecule has 9 nitrogen and oxygen atoms in total. The maximum absolute atomic E-state index is 12.6. The molecule has 1 aromatic carbocycles. The number of urea groups is 1. The van der Waals surface area contributed by atoms with Gasteiger partial charge >= 0.3 is 6.03 Å². The van der Waals surface area contributed by atoms with Gasteiger partial charge in [0.1, 0.15) is 24.6 Å². The molecular weight excluding hydrogens is 396 g/mol. The second-order valence-corrected chi connectivity index (χ2v) is 7.70. The molecule has 10 heteroatoms. The van der Waals surface area contributed by atoms with Crippen LogP contribution in [0.1, 0.15) is 10.4 Å². The van der Waals surface area contributed by atoms with Gasteiger partial charge in [0.05, 0.1) is 11.7 Å². The summed E-state index contributed by atoms with van der Waals surface area (Å²) in [7, 11) is 0. The van der Waals surface area contributed by atoms with Gasteiger partial charge in [-0.3, -0.25) is 19.5 Å². The first-order valence-electron chi connectivity index (χ1n) is 8.88. The SMILES string of the molecule is Cc1sc2ncn(CC(=O)NC(=O)Nc3ccc4c(c3)OCCO4)c(=O)c2c1C. The fourth-order valence-corrected chi connectivity index (χ4v) is 3.97. The summed E-state index contributed by atoms with van der Waals surface area (Å²) in [6.07, 6.45) is 1.32. The first-order valence-corrected chi connectivity index (χ1v) is 9.69. The number of rotatable bonds is 3. The molecule has 0 saturated heterocycles. The number of carbonyl (C=O) groups is 2. The summed E-state index contributed by atoms with van der Waals surface area (Å²) in [4.78, 5) is 42.9. The summed E-state index contributed by atoms with van der Waals surface area (Å²) in [5.74, 6) is 0.486. The first-order chi connectivity index (χ1) is 13.9. The van der Waals surface area contributed by atoms with E-state index >= 15 is 0 Å². The van der Waals surface area contributed by atoms with Crippen molar-refractivity contribution in [3.63, 3.8) is 0 Å². The molecular formula is C19H18N4O5S. The second kappa shape index (κ2) is 7.55. The molecule has 3 heterocycles. The zero-order valence-corrected chi connectivity index (χ0v) is 16.6. The van der Waals surface area contributed by atoms with Gasteiger partial charge in [-0.2, -0.15) is 0 Å². The number of benzene rings is 1. The maximum Gasteiger partial charge on any atom is 0.325 e. The third-order valence-corrected chi connectivity index (χ3v) is 5.64. The van der Waals surface area contributed by atoms with Crippen LogP contribution in [0.4, 0.5) is 10.5 Å². The fourth-order valence-electron chi connectivity index (χ4n) is 2.99. The number of hydrogen-bond donors (Lipinski definition) is 2. The Kier molecular flexibility index (Phi) is 4.93. The number of nitrogens with one attached hydrogen (secondary N) is 2. The van der Waals surface area contributed by atoms with Crippen molar-refractivity contribution in [3.05, 3.63) is 45.3 Å². The Morgan fingerprint density at radius 2 is 1.97 bits per heavy atom. The Balaban J connectivity index is 1.43. The van der Waals surface area contributed by atoms with Crippen LogP contribution in [0, 0.1) is 13.8 Å². The molecule has 4 rings (SSSR count). The Morgan fingerprint density at radius 3 is 2.76 bits per heavy atom. The van der Waals surface area contributed by atoms with Crippen molar-refractivity contribution in [1.29, 1.82) is 0 Å². The zero-order valence-electron chi connectivity index (χ0n) is 15.8. The largest absolute Gasteiger partial charge is 0.486 e. The molecule has 0 atom stereocenters. The number of thiophene rings is 1. The minimum Gasteiger partial charge on any atom is -0.486 e. The predicted molar refractivity (Wildman–Crippen MR) is 108 cm³/mol. The average molecular weight is 414 g/mol. The lowest BCUT2D eigenvalue weighted by Gasteiger charge is -2.19. The standard InChI is InChI=1S/C19H18N4O5S/c1-10-11(2)29-17-16(10)18(25)23(9-20-17)8-15(24)22-19(26)21-12-3-4-13-14(7-12)28-6-5-27-13/h3-4,7,9H,5-6,8H2,1-2H3,(H2,21,22,24,26). The lowest BCUT2D eigenvalue weighted by molar-refractivity contribution is -0.120. The normalized spacial score (nSPS) is 12.6. The molecule has 0 bridgehead atoms. The van der Waals surface area contributed by atoms with Crippen molar-refractivity contribution in [2.45, 2.75) is 20.4 Å². The Morgan fingerprint density at radius 1 is 1.21 bits per heavy atom. The molecule has 0 unspecified atom stereocenters. The van der Waals surface area contributed by atoms with Crippen molar-refractivity contribution < 1.29 is 19.1 Å². The summed E-state index contributed by atoms with van der Waals surface area (Å²) in [6, 6.07) is 4.22. The molecule has 2 aromatic heterocycles. The van der Waals surface area contributed by atoms with E-state index in [9.17, 15) is 14.4 Å². The van der Waals surface area contributed by atoms with E-state index in [0.717, 1.165) is 10.4 Å². The lowest BCUT2D eigenvalue weighted by Crippen LogP contribution is -2.38. The van der Waals surface area contributed by atoms with E-state index in [4.69, 9.17) is 9.47 Å². The maximum atomic E-state index is 12.6. The van der Waals surface area contributed by atoms with Crippen LogP contribution in [0.5, 0.6) is 11.5 Å². The summed E-state index contributed by atoms with van der Waals surface area (Å²) in [5, 5.41) is 5.27. The molecule has 0 radical (unpaired) electrons. The summed E-state index contributed by atoms with van der Waals surface area (Å²) < 4.78 is 12.1. The van der Waals surface area contributed by atoms with Crippen molar-refractivity contribution in [3.8, 4) is 11.5 Å². The topological polar surface area (TPSA) is 112 Å². The van der Waals surface area contributed by atoms with E-state index in [-0.39, 0.29) is 12.1 Å². The molecule has 0 saturated carbocycles. The smallest absolute Gasteiger partial charge is 0.325 e. The number of ether oxygens (including phenoxy) is 2. The monoisotopic (exact) mass is 414 g/mol. The van der Waals surface area contributed by atoms with Crippen LogP contribution in [-0.4, -0.2) is 34.7 Å². The Labute approximate surface area is 169 Å². The van der Waals surface area contributed by atoms with Gasteiger partial charge in [0.15, 0.2) is 11.5 Å². The van der Waals surface area contributed by atoms with E-state index < -0.39 is 11.9 Å². The minimum absolute atomic E-state index is 0.306. The van der Waals surface area contributed by atoms with Crippen LogP contribution in [0.15, 0.2) is 29.3 Å². The van der Waals surface area contributed by atoms with Crippen LogP contribution in [0.2, 0.25) is 0 Å². The highest BCUT2D eigenvalue weighted by Gasteiger charge is 2.16. The van der Waals surface area contributed by atoms with Gasteiger partial charge in [-0.1, -0.05) is 0 Å². The van der Waals surface area contributed by atoms with E-state index in [1.165, 1.54) is 22.2 Å². The van der Waals surface area contributed by atoms with E-state index in [2.05, 4.69) is 15.6 Å². The molecule has 29 heavy (non-hydrogen) atoms. The molecule has 0 aliphatic carbocycles. The predicted octanol–water partition coefficient (Wildman–Crippen LogP) is 2.19. The third kappa shape index (κ3) is 3.79. The number of nitrogens with zero attached hydrogens (tertiary/aromatic N) is 2. The van der Waals surface area contributed by atoms with E-state index in [0.29, 0.717) is 40.6 Å². The molecule has 150 valence electrons. The highest BCUT2D eigenvalue weighted by atomic mass is 32.1. The van der Waals surface area contributed by atoms with Crippen LogP contribution >= 0.6 is 11.3 Å². The lowest BCUT2D eigenvalue weighted by atomic mass is 10.2. The number of fused-ring (bicyclic) bond motifs is 2. The minimum atomic E-state index is -0.712. The number of hydrogen-bond acceptors (Lipinski definition) is 7. The highest BCUT2D eigenvalue weighted by Crippen LogP contribution is 2.32. The second-order valence-electron chi connectivity index (χ2n) is 6.50. The average Bonchev–Trinajstić information content (AvgIpc) is 2.98. The fraction of sp³-hybridized carbons (Fsp3) is 0.263. The zero-order chi connectivity index (χ0) is 20.5. The number of carbonyl (C=O) groups excluding carboxylic acids is 2. The number of amides is 3. The number of imide groups is 1. The number of anilines is 1. The quantitative estimate of drug-likeness (QED) is 0.680. The summed E-state index contributed by atoms with van der Waals surface area (Å²) in [6.45, 7) is 4.35. The van der Waals surface area contributed by atoms with Crippen molar-refractivity contribution in [1.82, 2.24) is 14.9 Å². The first kappa shape index (κ1) is 18.9. The molecule has 2 N–H and O–H groups in total. The third-order valence-electron chi connectivity index (χ3n) is 4.52. The van der Waals surface area contributed by atoms with Gasteiger partial charge < -0.3 is 14.8 Å². The van der Waals surface area contributed by atoms with Crippen molar-refractivity contribution in [2.24, 2.45) is 0 Å². The molecule has 1 aliphatic rings. The van der Waals surface area contributed by atoms with Gasteiger partial charge in [-0.15, -0.1) is 11.3 Å². The van der Waals surface area contributed by atoms with Gasteiger partial charge in [0.25, 0.3) is 5.56 Å².